The Morgan fingerprint density at radius 1 is 1.53 bits per heavy atom. The molecule has 0 aliphatic rings. The molecular weight excluding hydrogens is 225 g/mol. The molecule has 0 radical (unpaired) electrons. The van der Waals surface area contributed by atoms with Gasteiger partial charge in [0, 0.05) is 7.05 Å². The predicted molar refractivity (Wildman–Crippen MR) is 61.5 cm³/mol. The number of aromatic nitrogens is 2. The van der Waals surface area contributed by atoms with Crippen LogP contribution in [-0.4, -0.2) is 33.6 Å². The van der Waals surface area contributed by atoms with Crippen molar-refractivity contribution in [3.63, 3.8) is 0 Å². The van der Waals surface area contributed by atoms with E-state index in [2.05, 4.69) is 9.97 Å². The van der Waals surface area contributed by atoms with Crippen molar-refractivity contribution in [2.24, 2.45) is 0 Å². The molecule has 0 amide bonds. The van der Waals surface area contributed by atoms with Gasteiger partial charge in [0.25, 0.3) is 0 Å². The minimum Gasteiger partial charge on any atom is -0.480 e. The standard InChI is InChI=1S/C11H16FN3O2/c1-5-7-8(12)9(14-6-13-7)15(4)11(2,3)10(16)17/h6H,5H2,1-4H3,(H,16,17). The number of carbonyl (C=O) groups is 1. The molecule has 1 heterocycles. The maximum absolute atomic E-state index is 14.0. The van der Waals surface area contributed by atoms with Gasteiger partial charge < -0.3 is 10.0 Å². The normalized spacial score (nSPS) is 11.4. The third-order valence-electron chi connectivity index (χ3n) is 2.86. The Morgan fingerprint density at radius 2 is 2.12 bits per heavy atom. The van der Waals surface area contributed by atoms with E-state index in [9.17, 15) is 9.18 Å². The van der Waals surface area contributed by atoms with Crippen molar-refractivity contribution in [2.75, 3.05) is 11.9 Å². The van der Waals surface area contributed by atoms with E-state index in [0.29, 0.717) is 6.42 Å². The molecule has 0 saturated heterocycles. The average Bonchev–Trinajstić information content (AvgIpc) is 2.28. The Kier molecular flexibility index (Phi) is 3.65. The summed E-state index contributed by atoms with van der Waals surface area (Å²) < 4.78 is 14.0. The molecule has 5 nitrogen and oxygen atoms in total. The number of halogens is 1. The molecule has 0 bridgehead atoms. The van der Waals surface area contributed by atoms with E-state index in [1.54, 1.807) is 6.92 Å². The molecule has 0 unspecified atom stereocenters. The van der Waals surface area contributed by atoms with Crippen LogP contribution in [0.2, 0.25) is 0 Å². The molecule has 0 aromatic carbocycles. The highest BCUT2D eigenvalue weighted by molar-refractivity contribution is 5.82. The van der Waals surface area contributed by atoms with Crippen LogP contribution < -0.4 is 4.90 Å². The van der Waals surface area contributed by atoms with E-state index in [4.69, 9.17) is 5.11 Å². The van der Waals surface area contributed by atoms with Gasteiger partial charge in [-0.25, -0.2) is 19.2 Å². The van der Waals surface area contributed by atoms with Crippen LogP contribution in [0, 0.1) is 5.82 Å². The largest absolute Gasteiger partial charge is 0.480 e. The van der Waals surface area contributed by atoms with Gasteiger partial charge >= 0.3 is 5.97 Å². The van der Waals surface area contributed by atoms with Crippen LogP contribution in [0.5, 0.6) is 0 Å². The molecular formula is C11H16FN3O2. The molecule has 94 valence electrons. The first kappa shape index (κ1) is 13.3. The van der Waals surface area contributed by atoms with Crippen molar-refractivity contribution in [1.82, 2.24) is 9.97 Å². The van der Waals surface area contributed by atoms with E-state index in [-0.39, 0.29) is 11.5 Å². The monoisotopic (exact) mass is 241 g/mol. The van der Waals surface area contributed by atoms with Crippen LogP contribution in [0.4, 0.5) is 10.2 Å². The minimum absolute atomic E-state index is 0.00394. The van der Waals surface area contributed by atoms with Gasteiger partial charge in [0.15, 0.2) is 11.6 Å². The van der Waals surface area contributed by atoms with Gasteiger partial charge in [0.1, 0.15) is 11.9 Å². The van der Waals surface area contributed by atoms with Gasteiger partial charge in [-0.2, -0.15) is 0 Å². The predicted octanol–water partition coefficient (Wildman–Crippen LogP) is 1.48. The molecule has 0 aliphatic carbocycles. The van der Waals surface area contributed by atoms with Gasteiger partial charge in [0.05, 0.1) is 5.69 Å². The van der Waals surface area contributed by atoms with E-state index in [1.165, 1.54) is 32.1 Å². The van der Waals surface area contributed by atoms with Crippen LogP contribution >= 0.6 is 0 Å². The molecule has 1 aromatic heterocycles. The lowest BCUT2D eigenvalue weighted by molar-refractivity contribution is -0.142. The van der Waals surface area contributed by atoms with E-state index >= 15 is 0 Å². The third kappa shape index (κ3) is 2.35. The van der Waals surface area contributed by atoms with Crippen molar-refractivity contribution >= 4 is 11.8 Å². The fourth-order valence-corrected chi connectivity index (χ4v) is 1.28. The van der Waals surface area contributed by atoms with Gasteiger partial charge in [-0.1, -0.05) is 6.92 Å². The van der Waals surface area contributed by atoms with Crippen LogP contribution in [0.15, 0.2) is 6.33 Å². The molecule has 6 heteroatoms. The van der Waals surface area contributed by atoms with Crippen molar-refractivity contribution in [1.29, 1.82) is 0 Å². The van der Waals surface area contributed by atoms with Crippen molar-refractivity contribution in [2.45, 2.75) is 32.7 Å². The number of hydrogen-bond donors (Lipinski definition) is 1. The highest BCUT2D eigenvalue weighted by Gasteiger charge is 2.34. The lowest BCUT2D eigenvalue weighted by Crippen LogP contribution is -2.49. The number of carboxylic acids is 1. The fourth-order valence-electron chi connectivity index (χ4n) is 1.28. The first-order valence-electron chi connectivity index (χ1n) is 5.29. The number of carboxylic acid groups (broad SMARTS) is 1. The average molecular weight is 241 g/mol. The minimum atomic E-state index is -1.24. The van der Waals surface area contributed by atoms with Crippen LogP contribution in [-0.2, 0) is 11.2 Å². The SMILES string of the molecule is CCc1ncnc(N(C)C(C)(C)C(=O)O)c1F. The molecule has 1 N–H and O–H groups in total. The molecule has 1 rings (SSSR count). The number of nitrogens with zero attached hydrogens (tertiary/aromatic N) is 3. The molecule has 0 saturated carbocycles. The zero-order valence-corrected chi connectivity index (χ0v) is 10.4. The summed E-state index contributed by atoms with van der Waals surface area (Å²) in [6, 6.07) is 0. The Hall–Kier alpha value is -1.72. The second kappa shape index (κ2) is 4.65. The topological polar surface area (TPSA) is 66.3 Å². The highest BCUT2D eigenvalue weighted by Crippen LogP contribution is 2.24. The smallest absolute Gasteiger partial charge is 0.328 e. The summed E-state index contributed by atoms with van der Waals surface area (Å²) in [5, 5.41) is 9.08. The number of likely N-dealkylation sites (N-methyl/N-ethyl adjacent to an activating group) is 1. The zero-order chi connectivity index (χ0) is 13.2. The second-order valence-electron chi connectivity index (χ2n) is 4.23. The van der Waals surface area contributed by atoms with Gasteiger partial charge in [-0.3, -0.25) is 0 Å². The molecule has 0 atom stereocenters. The summed E-state index contributed by atoms with van der Waals surface area (Å²) in [6.07, 6.45) is 1.67. The molecule has 17 heavy (non-hydrogen) atoms. The fraction of sp³-hybridized carbons (Fsp3) is 0.545. The first-order chi connectivity index (χ1) is 7.82. The van der Waals surface area contributed by atoms with Crippen molar-refractivity contribution in [3.8, 4) is 0 Å². The molecule has 1 aromatic rings. The number of aryl methyl sites for hydroxylation is 1. The summed E-state index contributed by atoms with van der Waals surface area (Å²) in [7, 11) is 1.50. The number of aliphatic carboxylic acids is 1. The summed E-state index contributed by atoms with van der Waals surface area (Å²) in [5.74, 6) is -1.60. The summed E-state index contributed by atoms with van der Waals surface area (Å²) in [5.41, 5.74) is -0.955. The van der Waals surface area contributed by atoms with E-state index < -0.39 is 17.3 Å². The maximum Gasteiger partial charge on any atom is 0.328 e. The maximum atomic E-state index is 14.0. The third-order valence-corrected chi connectivity index (χ3v) is 2.86. The number of anilines is 1. The summed E-state index contributed by atoms with van der Waals surface area (Å²) >= 11 is 0. The Balaban J connectivity index is 3.21. The van der Waals surface area contributed by atoms with Gasteiger partial charge in [0.2, 0.25) is 0 Å². The van der Waals surface area contributed by atoms with Gasteiger partial charge in [-0.05, 0) is 20.3 Å². The Labute approximate surface area is 99.3 Å². The van der Waals surface area contributed by atoms with Crippen molar-refractivity contribution in [3.05, 3.63) is 17.8 Å². The van der Waals surface area contributed by atoms with Crippen molar-refractivity contribution < 1.29 is 14.3 Å². The number of rotatable bonds is 4. The Morgan fingerprint density at radius 3 is 2.59 bits per heavy atom. The van der Waals surface area contributed by atoms with Crippen LogP contribution in [0.25, 0.3) is 0 Å². The first-order valence-corrected chi connectivity index (χ1v) is 5.29. The lowest BCUT2D eigenvalue weighted by atomic mass is 10.0. The quantitative estimate of drug-likeness (QED) is 0.864. The van der Waals surface area contributed by atoms with Gasteiger partial charge in [-0.15, -0.1) is 0 Å². The van der Waals surface area contributed by atoms with Crippen LogP contribution in [0.3, 0.4) is 0 Å². The second-order valence-corrected chi connectivity index (χ2v) is 4.23. The molecule has 0 aliphatic heterocycles. The summed E-state index contributed by atoms with van der Waals surface area (Å²) in [4.78, 5) is 20.0. The zero-order valence-electron chi connectivity index (χ0n) is 10.4. The summed E-state index contributed by atoms with van der Waals surface area (Å²) in [6.45, 7) is 4.75. The number of hydrogen-bond acceptors (Lipinski definition) is 4. The molecule has 0 spiro atoms. The Bertz CT molecular complexity index is 435. The lowest BCUT2D eigenvalue weighted by Gasteiger charge is -2.32. The van der Waals surface area contributed by atoms with E-state index in [1.807, 2.05) is 0 Å². The van der Waals surface area contributed by atoms with Crippen LogP contribution in [0.1, 0.15) is 26.5 Å². The van der Waals surface area contributed by atoms with E-state index in [0.717, 1.165) is 0 Å². The highest BCUT2D eigenvalue weighted by atomic mass is 19.1. The molecule has 0 fully saturated rings.